The molecule has 0 aromatic carbocycles. The predicted octanol–water partition coefficient (Wildman–Crippen LogP) is 4.12. The van der Waals surface area contributed by atoms with Crippen molar-refractivity contribution in [2.24, 2.45) is 0 Å². The Morgan fingerprint density at radius 1 is 0.939 bits per heavy atom. The van der Waals surface area contributed by atoms with Crippen LogP contribution >= 0.6 is 0 Å². The number of rotatable bonds is 6. The summed E-state index contributed by atoms with van der Waals surface area (Å²) in [7, 11) is 4.50. The maximum atomic E-state index is 5.19. The molecule has 2 aliphatic heterocycles. The topological polar surface area (TPSA) is 39.9 Å². The van der Waals surface area contributed by atoms with Gasteiger partial charge in [-0.05, 0) is 83.4 Å². The summed E-state index contributed by atoms with van der Waals surface area (Å²) in [5.74, 6) is 0. The molecule has 2 fully saturated rings. The summed E-state index contributed by atoms with van der Waals surface area (Å²) >= 11 is 0. The summed E-state index contributed by atoms with van der Waals surface area (Å²) in [4.78, 5) is 17.6. The van der Waals surface area contributed by atoms with Crippen LogP contribution in [0, 0.1) is 6.92 Å². The summed E-state index contributed by atoms with van der Waals surface area (Å²) in [6, 6.07) is 11.3. The van der Waals surface area contributed by atoms with Crippen LogP contribution in [0.15, 0.2) is 42.7 Å². The fraction of sp³-hybridized carbons (Fsp3) is 0.556. The maximum Gasteiger partial charge on any atom is 0.137 e. The van der Waals surface area contributed by atoms with Gasteiger partial charge in [0.2, 0.25) is 0 Å². The molecule has 6 nitrogen and oxygen atoms in total. The number of likely N-dealkylation sites (tertiary alicyclic amines) is 1. The second kappa shape index (κ2) is 9.92. The minimum atomic E-state index is 0.337. The average Bonchev–Trinajstić information content (AvgIpc) is 3.19. The van der Waals surface area contributed by atoms with Crippen molar-refractivity contribution in [3.63, 3.8) is 0 Å². The van der Waals surface area contributed by atoms with E-state index in [1.165, 1.54) is 68.2 Å². The second-order valence-electron chi connectivity index (χ2n) is 9.95. The predicted molar refractivity (Wildman–Crippen MR) is 134 cm³/mol. The molecule has 0 amide bonds. The molecule has 2 saturated heterocycles. The van der Waals surface area contributed by atoms with Crippen molar-refractivity contribution in [2.75, 3.05) is 46.8 Å². The van der Waals surface area contributed by atoms with Gasteiger partial charge in [-0.1, -0.05) is 12.1 Å². The molecule has 2 atom stereocenters. The number of piperidine rings is 1. The van der Waals surface area contributed by atoms with Crippen molar-refractivity contribution in [1.82, 2.24) is 29.1 Å². The quantitative estimate of drug-likeness (QED) is 0.570. The first-order valence-electron chi connectivity index (χ1n) is 12.6. The Kier molecular flexibility index (Phi) is 6.76. The summed E-state index contributed by atoms with van der Waals surface area (Å²) < 4.78 is 2.34. The lowest BCUT2D eigenvalue weighted by Gasteiger charge is -2.39. The van der Waals surface area contributed by atoms with Crippen molar-refractivity contribution in [1.29, 1.82) is 0 Å². The van der Waals surface area contributed by atoms with Crippen molar-refractivity contribution < 1.29 is 0 Å². The molecule has 6 heteroatoms. The van der Waals surface area contributed by atoms with Crippen molar-refractivity contribution in [3.8, 4) is 0 Å². The zero-order valence-corrected chi connectivity index (χ0v) is 20.5. The number of hydrogen-bond donors (Lipinski definition) is 0. The third-order valence-electron chi connectivity index (χ3n) is 7.76. The minimum absolute atomic E-state index is 0.337. The van der Waals surface area contributed by atoms with Gasteiger partial charge in [0.05, 0.1) is 23.5 Å². The Morgan fingerprint density at radius 3 is 2.52 bits per heavy atom. The highest BCUT2D eigenvalue weighted by Gasteiger charge is 2.34. The minimum Gasteiger partial charge on any atom is -0.304 e. The first-order chi connectivity index (χ1) is 16.1. The van der Waals surface area contributed by atoms with E-state index in [0.29, 0.717) is 12.1 Å². The molecule has 5 heterocycles. The van der Waals surface area contributed by atoms with E-state index in [1.807, 2.05) is 12.3 Å². The highest BCUT2D eigenvalue weighted by Crippen LogP contribution is 2.41. The second-order valence-corrected chi connectivity index (χ2v) is 9.95. The van der Waals surface area contributed by atoms with Gasteiger partial charge in [-0.3, -0.25) is 9.88 Å². The lowest BCUT2D eigenvalue weighted by Crippen LogP contribution is -2.44. The van der Waals surface area contributed by atoms with E-state index in [-0.39, 0.29) is 0 Å². The fourth-order valence-electron chi connectivity index (χ4n) is 5.76. The highest BCUT2D eigenvalue weighted by molar-refractivity contribution is 5.44. The number of aryl methyl sites for hydroxylation is 2. The molecular formula is C27H38N6. The molecule has 5 rings (SSSR count). The number of hydrogen-bond acceptors (Lipinski definition) is 5. The number of fused-ring (bicyclic) bond motifs is 1. The molecule has 0 saturated carbocycles. The van der Waals surface area contributed by atoms with Crippen LogP contribution in [-0.2, 0) is 6.42 Å². The van der Waals surface area contributed by atoms with Gasteiger partial charge < -0.3 is 14.2 Å². The number of nitrogens with zero attached hydrogens (tertiary/aromatic N) is 6. The molecule has 0 radical (unpaired) electrons. The Bertz CT molecular complexity index is 1070. The molecule has 3 aromatic rings. The largest absolute Gasteiger partial charge is 0.304 e. The first-order valence-corrected chi connectivity index (χ1v) is 12.6. The number of aromatic nitrogens is 3. The van der Waals surface area contributed by atoms with Crippen molar-refractivity contribution >= 4 is 5.65 Å². The standard InChI is InChI=1S/C27H38N6/c1-21-9-7-14-28-26(21)22-10-6-11-23(31(22)3)27-24(33-16-5-4-13-25(33)29-27)12-8-15-32-19-17-30(2)18-20-32/h4-5,7,9,13-14,16,22-23H,6,8,10-12,15,17-20H2,1-3H3/t22-,23+/m0/s1. The summed E-state index contributed by atoms with van der Waals surface area (Å²) in [6.07, 6.45) is 9.92. The molecule has 0 unspecified atom stereocenters. The van der Waals surface area contributed by atoms with E-state index in [0.717, 1.165) is 24.9 Å². The summed E-state index contributed by atoms with van der Waals surface area (Å²) in [6.45, 7) is 8.10. The van der Waals surface area contributed by atoms with Crippen molar-refractivity contribution in [2.45, 2.75) is 51.1 Å². The number of piperazine rings is 1. The smallest absolute Gasteiger partial charge is 0.137 e. The van der Waals surface area contributed by atoms with Gasteiger partial charge in [-0.15, -0.1) is 0 Å². The molecule has 176 valence electrons. The van der Waals surface area contributed by atoms with Gasteiger partial charge >= 0.3 is 0 Å². The van der Waals surface area contributed by atoms with Gasteiger partial charge in [0, 0.05) is 44.3 Å². The SMILES string of the molecule is Cc1cccnc1[C@@H]1CCC[C@H](c2nc3ccccn3c2CCCN2CCN(C)CC2)N1C. The van der Waals surface area contributed by atoms with Crippen LogP contribution < -0.4 is 0 Å². The molecule has 2 aliphatic rings. The van der Waals surface area contributed by atoms with Crippen LogP contribution in [0.3, 0.4) is 0 Å². The maximum absolute atomic E-state index is 5.19. The van der Waals surface area contributed by atoms with Crippen LogP contribution in [0.2, 0.25) is 0 Å². The lowest BCUT2D eigenvalue weighted by atomic mass is 9.90. The molecule has 0 N–H and O–H groups in total. The lowest BCUT2D eigenvalue weighted by molar-refractivity contribution is 0.108. The van der Waals surface area contributed by atoms with Gasteiger partial charge in [0.1, 0.15) is 5.65 Å². The number of imidazole rings is 1. The van der Waals surface area contributed by atoms with E-state index >= 15 is 0 Å². The van der Waals surface area contributed by atoms with Crippen LogP contribution in [-0.4, -0.2) is 75.9 Å². The Balaban J connectivity index is 1.38. The monoisotopic (exact) mass is 446 g/mol. The van der Waals surface area contributed by atoms with E-state index in [2.05, 4.69) is 70.6 Å². The molecular weight excluding hydrogens is 408 g/mol. The van der Waals surface area contributed by atoms with Gasteiger partial charge in [-0.2, -0.15) is 0 Å². The summed E-state index contributed by atoms with van der Waals surface area (Å²) in [5.41, 5.74) is 6.27. The normalized spacial score (nSPS) is 23.4. The number of pyridine rings is 2. The van der Waals surface area contributed by atoms with Crippen LogP contribution in [0.25, 0.3) is 5.65 Å². The van der Waals surface area contributed by atoms with E-state index < -0.39 is 0 Å². The first kappa shape index (κ1) is 22.5. The molecule has 0 bridgehead atoms. The molecule has 3 aromatic heterocycles. The van der Waals surface area contributed by atoms with Crippen molar-refractivity contribution in [3.05, 3.63) is 65.4 Å². The number of likely N-dealkylation sites (N-methyl/N-ethyl adjacent to an activating group) is 1. The Morgan fingerprint density at radius 2 is 1.73 bits per heavy atom. The average molecular weight is 447 g/mol. The van der Waals surface area contributed by atoms with Crippen LogP contribution in [0.1, 0.15) is 60.4 Å². The molecule has 33 heavy (non-hydrogen) atoms. The third kappa shape index (κ3) is 4.70. The summed E-state index contributed by atoms with van der Waals surface area (Å²) in [5, 5.41) is 0. The van der Waals surface area contributed by atoms with E-state index in [1.54, 1.807) is 0 Å². The van der Waals surface area contributed by atoms with Crippen LogP contribution in [0.5, 0.6) is 0 Å². The molecule has 0 spiro atoms. The highest BCUT2D eigenvalue weighted by atomic mass is 15.2. The zero-order valence-electron chi connectivity index (χ0n) is 20.5. The van der Waals surface area contributed by atoms with Gasteiger partial charge in [0.25, 0.3) is 0 Å². The third-order valence-corrected chi connectivity index (χ3v) is 7.76. The Hall–Kier alpha value is -2.28. The zero-order chi connectivity index (χ0) is 22.8. The van der Waals surface area contributed by atoms with E-state index in [9.17, 15) is 0 Å². The van der Waals surface area contributed by atoms with Crippen LogP contribution in [0.4, 0.5) is 0 Å². The molecule has 0 aliphatic carbocycles. The van der Waals surface area contributed by atoms with Gasteiger partial charge in [-0.25, -0.2) is 4.98 Å². The van der Waals surface area contributed by atoms with Gasteiger partial charge in [0.15, 0.2) is 0 Å². The Labute approximate surface area is 198 Å². The van der Waals surface area contributed by atoms with E-state index in [4.69, 9.17) is 9.97 Å². The fourth-order valence-corrected chi connectivity index (χ4v) is 5.76.